The van der Waals surface area contributed by atoms with Gasteiger partial charge in [0.1, 0.15) is 11.5 Å². The number of nitrogens with zero attached hydrogens (tertiary/aromatic N) is 3. The molecule has 1 amide bonds. The Hall–Kier alpha value is -4.74. The summed E-state index contributed by atoms with van der Waals surface area (Å²) in [5, 5.41) is 13.5. The van der Waals surface area contributed by atoms with Gasteiger partial charge in [0.2, 0.25) is 5.88 Å². The van der Waals surface area contributed by atoms with Crippen molar-refractivity contribution in [1.29, 1.82) is 0 Å². The molecule has 0 saturated carbocycles. The van der Waals surface area contributed by atoms with Crippen LogP contribution in [0.25, 0.3) is 5.69 Å². The fourth-order valence-electron chi connectivity index (χ4n) is 3.81. The highest BCUT2D eigenvalue weighted by molar-refractivity contribution is 5.95. The number of alkyl halides is 3. The molecule has 0 fully saturated rings. The summed E-state index contributed by atoms with van der Waals surface area (Å²) < 4.78 is 48.5. The molecule has 0 spiro atoms. The van der Waals surface area contributed by atoms with Gasteiger partial charge in [0.15, 0.2) is 0 Å². The minimum Gasteiger partial charge on any atom is -0.497 e. The molecule has 0 aliphatic rings. The molecule has 0 atom stereocenters. The molecule has 4 aromatic rings. The van der Waals surface area contributed by atoms with E-state index < -0.39 is 23.7 Å². The van der Waals surface area contributed by atoms with E-state index in [-0.39, 0.29) is 35.9 Å². The number of amides is 1. The first-order valence-corrected chi connectivity index (χ1v) is 11.3. The second kappa shape index (κ2) is 10.7. The number of nitrogens with one attached hydrogen (secondary N) is 1. The smallest absolute Gasteiger partial charge is 0.497 e. The molecule has 198 valence electrons. The summed E-state index contributed by atoms with van der Waals surface area (Å²) in [6, 6.07) is 13.3. The van der Waals surface area contributed by atoms with Gasteiger partial charge in [-0.3, -0.25) is 14.3 Å². The zero-order chi connectivity index (χ0) is 27.4. The minimum absolute atomic E-state index is 0.0612. The second-order valence-electron chi connectivity index (χ2n) is 8.22. The number of benzene rings is 2. The van der Waals surface area contributed by atoms with Gasteiger partial charge >= 0.3 is 12.1 Å². The average Bonchev–Trinajstić information content (AvgIpc) is 3.10. The molecule has 0 radical (unpaired) electrons. The summed E-state index contributed by atoms with van der Waals surface area (Å²) in [5.41, 5.74) is 1.26. The van der Waals surface area contributed by atoms with E-state index >= 15 is 0 Å². The molecule has 2 N–H and O–H groups in total. The Bertz CT molecular complexity index is 1490. The molecule has 2 heterocycles. The maximum atomic E-state index is 13.2. The van der Waals surface area contributed by atoms with E-state index in [0.29, 0.717) is 11.3 Å². The first-order valence-electron chi connectivity index (χ1n) is 11.3. The number of aromatic hydroxyl groups is 1. The number of pyridine rings is 1. The maximum Gasteiger partial charge on any atom is 0.573 e. The van der Waals surface area contributed by atoms with Gasteiger partial charge in [0, 0.05) is 18.9 Å². The van der Waals surface area contributed by atoms with Gasteiger partial charge in [-0.2, -0.15) is 0 Å². The third-order valence-electron chi connectivity index (χ3n) is 5.79. The van der Waals surface area contributed by atoms with E-state index in [9.17, 15) is 27.9 Å². The van der Waals surface area contributed by atoms with Crippen molar-refractivity contribution in [3.63, 3.8) is 0 Å². The number of hydrogen-bond acceptors (Lipinski definition) is 6. The van der Waals surface area contributed by atoms with Crippen molar-refractivity contribution < 1.29 is 32.5 Å². The lowest BCUT2D eigenvalue weighted by Gasteiger charge is -2.11. The lowest BCUT2D eigenvalue weighted by Crippen LogP contribution is -2.27. The normalized spacial score (nSPS) is 11.3. The van der Waals surface area contributed by atoms with Gasteiger partial charge in [0.25, 0.3) is 5.91 Å². The Morgan fingerprint density at radius 3 is 2.34 bits per heavy atom. The summed E-state index contributed by atoms with van der Waals surface area (Å²) in [6.45, 7) is 1.70. The van der Waals surface area contributed by atoms with Crippen molar-refractivity contribution in [2.75, 3.05) is 7.11 Å². The molecule has 0 bridgehead atoms. The van der Waals surface area contributed by atoms with Gasteiger partial charge < -0.3 is 19.9 Å². The minimum atomic E-state index is -4.86. The number of hydrogen-bond donors (Lipinski definition) is 2. The highest BCUT2D eigenvalue weighted by Gasteiger charge is 2.31. The van der Waals surface area contributed by atoms with Crippen LogP contribution in [0.3, 0.4) is 0 Å². The first kappa shape index (κ1) is 26.3. The van der Waals surface area contributed by atoms with Gasteiger partial charge in [-0.25, -0.2) is 9.36 Å². The number of imidazole rings is 1. The van der Waals surface area contributed by atoms with Crippen LogP contribution >= 0.6 is 0 Å². The highest BCUT2D eigenvalue weighted by atomic mass is 19.4. The number of methoxy groups -OCH3 is 1. The molecule has 9 nitrogen and oxygen atoms in total. The Balaban J connectivity index is 1.56. The molecular formula is C26H23F3N4O5. The fraction of sp³-hybridized carbons (Fsp3) is 0.192. The van der Waals surface area contributed by atoms with Crippen molar-refractivity contribution in [3.05, 3.63) is 99.9 Å². The number of carbonyl (C=O) groups excluding carboxylic acids is 1. The number of aromatic nitrogens is 3. The SMILES string of the molecule is COc1ccc(CNC(=O)c2cnccc2Cn2c(C)c(O)n(-c3ccc(OC(F)(F)F)cc3)c2=O)cc1. The fourth-order valence-corrected chi connectivity index (χ4v) is 3.81. The Kier molecular flexibility index (Phi) is 7.42. The maximum absolute atomic E-state index is 13.2. The average molecular weight is 528 g/mol. The predicted octanol–water partition coefficient (Wildman–Crippen LogP) is 3.93. The number of ether oxygens (including phenoxy) is 2. The number of rotatable bonds is 8. The Morgan fingerprint density at radius 1 is 1.05 bits per heavy atom. The number of carbonyl (C=O) groups is 1. The highest BCUT2D eigenvalue weighted by Crippen LogP contribution is 2.26. The van der Waals surface area contributed by atoms with Gasteiger partial charge in [-0.05, 0) is 60.5 Å². The molecule has 12 heteroatoms. The van der Waals surface area contributed by atoms with Crippen molar-refractivity contribution in [2.45, 2.75) is 26.4 Å². The molecule has 0 saturated heterocycles. The monoisotopic (exact) mass is 528 g/mol. The third-order valence-corrected chi connectivity index (χ3v) is 5.79. The molecule has 4 rings (SSSR count). The van der Waals surface area contributed by atoms with E-state index in [2.05, 4.69) is 15.0 Å². The van der Waals surface area contributed by atoms with Crippen LogP contribution in [-0.2, 0) is 13.1 Å². The van der Waals surface area contributed by atoms with E-state index in [1.54, 1.807) is 25.3 Å². The van der Waals surface area contributed by atoms with Crippen LogP contribution in [0.15, 0.2) is 71.8 Å². The van der Waals surface area contributed by atoms with Crippen LogP contribution in [0.4, 0.5) is 13.2 Å². The molecule has 2 aromatic heterocycles. The molecule has 0 unspecified atom stereocenters. The Morgan fingerprint density at radius 2 is 1.71 bits per heavy atom. The van der Waals surface area contributed by atoms with Gasteiger partial charge in [-0.15, -0.1) is 13.2 Å². The van der Waals surface area contributed by atoms with E-state index in [4.69, 9.17) is 4.74 Å². The quantitative estimate of drug-likeness (QED) is 0.359. The molecule has 0 aliphatic carbocycles. The first-order chi connectivity index (χ1) is 18.1. The zero-order valence-corrected chi connectivity index (χ0v) is 20.3. The van der Waals surface area contributed by atoms with Crippen molar-refractivity contribution in [2.24, 2.45) is 0 Å². The topological polar surface area (TPSA) is 108 Å². The van der Waals surface area contributed by atoms with Crippen LogP contribution < -0.4 is 20.5 Å². The van der Waals surface area contributed by atoms with Crippen molar-refractivity contribution >= 4 is 5.91 Å². The standard InChI is InChI=1S/C26H23F3N4O5/c1-16-24(35)33(19-5-9-21(10-6-19)38-26(27,28)29)25(36)32(16)15-18-11-12-30-14-22(18)23(34)31-13-17-3-7-20(37-2)8-4-17/h3-12,14,35H,13,15H2,1-2H3,(H,31,34). The van der Waals surface area contributed by atoms with Gasteiger partial charge in [0.05, 0.1) is 30.6 Å². The third kappa shape index (κ3) is 5.80. The van der Waals surface area contributed by atoms with E-state index in [1.807, 2.05) is 12.1 Å². The van der Waals surface area contributed by atoms with Crippen LogP contribution in [0.2, 0.25) is 0 Å². The van der Waals surface area contributed by atoms with E-state index in [1.165, 1.54) is 36.0 Å². The largest absolute Gasteiger partial charge is 0.573 e. The summed E-state index contributed by atoms with van der Waals surface area (Å²) in [5.74, 6) is -0.569. The Labute approximate surface area is 214 Å². The number of halogens is 3. The zero-order valence-electron chi connectivity index (χ0n) is 20.3. The molecular weight excluding hydrogens is 505 g/mol. The van der Waals surface area contributed by atoms with Crippen LogP contribution in [0, 0.1) is 6.92 Å². The van der Waals surface area contributed by atoms with Crippen molar-refractivity contribution in [3.8, 4) is 23.1 Å². The van der Waals surface area contributed by atoms with E-state index in [0.717, 1.165) is 22.3 Å². The summed E-state index contributed by atoms with van der Waals surface area (Å²) in [4.78, 5) is 30.2. The van der Waals surface area contributed by atoms with Gasteiger partial charge in [-0.1, -0.05) is 12.1 Å². The summed E-state index contributed by atoms with van der Waals surface area (Å²) in [7, 11) is 1.56. The predicted molar refractivity (Wildman–Crippen MR) is 131 cm³/mol. The summed E-state index contributed by atoms with van der Waals surface area (Å²) in [6.07, 6.45) is -1.99. The van der Waals surface area contributed by atoms with Crippen LogP contribution in [0.1, 0.15) is 27.2 Å². The van der Waals surface area contributed by atoms with Crippen LogP contribution in [-0.4, -0.2) is 38.6 Å². The lowest BCUT2D eigenvalue weighted by molar-refractivity contribution is -0.274. The second-order valence-corrected chi connectivity index (χ2v) is 8.22. The van der Waals surface area contributed by atoms with Crippen molar-refractivity contribution in [1.82, 2.24) is 19.4 Å². The van der Waals surface area contributed by atoms with Crippen LogP contribution in [0.5, 0.6) is 17.4 Å². The molecule has 38 heavy (non-hydrogen) atoms. The molecule has 2 aromatic carbocycles. The lowest BCUT2D eigenvalue weighted by atomic mass is 10.1. The molecule has 0 aliphatic heterocycles. The summed E-state index contributed by atoms with van der Waals surface area (Å²) >= 11 is 0.